The average molecular weight is 347 g/mol. The van der Waals surface area contributed by atoms with Gasteiger partial charge in [0.05, 0.1) is 13.7 Å². The molecule has 3 N–H and O–H groups in total. The molecule has 0 aromatic heterocycles. The second-order valence-electron chi connectivity index (χ2n) is 6.67. The Hall–Kier alpha value is -2.08. The number of ether oxygens (including phenoxy) is 1. The van der Waals surface area contributed by atoms with Crippen LogP contribution in [0.2, 0.25) is 0 Å². The highest BCUT2D eigenvalue weighted by molar-refractivity contribution is 5.84. The van der Waals surface area contributed by atoms with E-state index in [0.29, 0.717) is 24.8 Å². The number of carbonyl (C=O) groups is 2. The van der Waals surface area contributed by atoms with Gasteiger partial charge in [0.25, 0.3) is 0 Å². The quantitative estimate of drug-likeness (QED) is 0.665. The Labute approximate surface area is 149 Å². The lowest BCUT2D eigenvalue weighted by molar-refractivity contribution is -0.126. The van der Waals surface area contributed by atoms with Crippen LogP contribution in [0.3, 0.4) is 0 Å². The summed E-state index contributed by atoms with van der Waals surface area (Å²) in [6.45, 7) is 4.65. The van der Waals surface area contributed by atoms with Crippen molar-refractivity contribution in [3.63, 3.8) is 0 Å². The molecule has 25 heavy (non-hydrogen) atoms. The fourth-order valence-electron chi connectivity index (χ4n) is 3.13. The fraction of sp³-hybridized carbons (Fsp3) is 0.579. The van der Waals surface area contributed by atoms with Crippen LogP contribution in [0.25, 0.3) is 0 Å². The summed E-state index contributed by atoms with van der Waals surface area (Å²) in [4.78, 5) is 23.9. The molecule has 1 atom stereocenters. The molecule has 2 amide bonds. The van der Waals surface area contributed by atoms with Crippen LogP contribution in [0.4, 0.5) is 0 Å². The third-order valence-electron chi connectivity index (χ3n) is 4.79. The molecule has 0 bridgehead atoms. The smallest absolute Gasteiger partial charge is 0.239 e. The first kappa shape index (κ1) is 19.2. The molecule has 1 aromatic carbocycles. The number of hydrogen-bond donors (Lipinski definition) is 3. The number of rotatable bonds is 8. The number of piperidine rings is 1. The van der Waals surface area contributed by atoms with Crippen LogP contribution >= 0.6 is 0 Å². The SMILES string of the molecule is COc1ccc(CNC(=O)CNC(=O)CC(C)C2CCNCC2)cc1. The summed E-state index contributed by atoms with van der Waals surface area (Å²) in [6.07, 6.45) is 2.73. The van der Waals surface area contributed by atoms with Gasteiger partial charge in [0.1, 0.15) is 5.75 Å². The molecular formula is C19H29N3O3. The molecule has 1 aliphatic rings. The molecule has 1 aromatic rings. The Bertz CT molecular complexity index is 554. The molecule has 1 unspecified atom stereocenters. The van der Waals surface area contributed by atoms with Gasteiger partial charge in [-0.3, -0.25) is 9.59 Å². The van der Waals surface area contributed by atoms with Gasteiger partial charge >= 0.3 is 0 Å². The highest BCUT2D eigenvalue weighted by atomic mass is 16.5. The largest absolute Gasteiger partial charge is 0.497 e. The molecule has 0 aliphatic carbocycles. The molecule has 1 aliphatic heterocycles. The molecule has 1 heterocycles. The fourth-order valence-corrected chi connectivity index (χ4v) is 3.13. The lowest BCUT2D eigenvalue weighted by atomic mass is 9.84. The van der Waals surface area contributed by atoms with Gasteiger partial charge in [0.15, 0.2) is 0 Å². The second-order valence-corrected chi connectivity index (χ2v) is 6.67. The molecular weight excluding hydrogens is 318 g/mol. The predicted octanol–water partition coefficient (Wildman–Crippen LogP) is 1.45. The Morgan fingerprint density at radius 1 is 1.16 bits per heavy atom. The van der Waals surface area contributed by atoms with E-state index in [4.69, 9.17) is 4.74 Å². The second kappa shape index (κ2) is 10.0. The third kappa shape index (κ3) is 6.74. The maximum absolute atomic E-state index is 12.0. The van der Waals surface area contributed by atoms with Crippen LogP contribution in [0.5, 0.6) is 5.75 Å². The van der Waals surface area contributed by atoms with E-state index < -0.39 is 0 Å². The molecule has 0 radical (unpaired) electrons. The van der Waals surface area contributed by atoms with Gasteiger partial charge in [-0.15, -0.1) is 0 Å². The van der Waals surface area contributed by atoms with Gasteiger partial charge in [-0.25, -0.2) is 0 Å². The van der Waals surface area contributed by atoms with Gasteiger partial charge in [0, 0.05) is 13.0 Å². The molecule has 1 fully saturated rings. The van der Waals surface area contributed by atoms with Crippen LogP contribution in [0, 0.1) is 11.8 Å². The van der Waals surface area contributed by atoms with Crippen molar-refractivity contribution in [1.82, 2.24) is 16.0 Å². The van der Waals surface area contributed by atoms with Crippen molar-refractivity contribution in [1.29, 1.82) is 0 Å². The molecule has 0 spiro atoms. The van der Waals surface area contributed by atoms with Crippen LogP contribution in [-0.2, 0) is 16.1 Å². The third-order valence-corrected chi connectivity index (χ3v) is 4.79. The van der Waals surface area contributed by atoms with Crippen molar-refractivity contribution in [2.45, 2.75) is 32.7 Å². The molecule has 138 valence electrons. The summed E-state index contributed by atoms with van der Waals surface area (Å²) < 4.78 is 5.10. The van der Waals surface area contributed by atoms with Crippen molar-refractivity contribution < 1.29 is 14.3 Å². The summed E-state index contributed by atoms with van der Waals surface area (Å²) in [5.41, 5.74) is 0.986. The maximum Gasteiger partial charge on any atom is 0.239 e. The normalized spacial score (nSPS) is 16.1. The summed E-state index contributed by atoms with van der Waals surface area (Å²) in [5.74, 6) is 1.50. The summed E-state index contributed by atoms with van der Waals surface area (Å²) in [7, 11) is 1.62. The Balaban J connectivity index is 1.63. The van der Waals surface area contributed by atoms with Crippen LogP contribution < -0.4 is 20.7 Å². The average Bonchev–Trinajstić information content (AvgIpc) is 2.65. The van der Waals surface area contributed by atoms with Crippen molar-refractivity contribution >= 4 is 11.8 Å². The lowest BCUT2D eigenvalue weighted by Gasteiger charge is -2.27. The van der Waals surface area contributed by atoms with Gasteiger partial charge in [0.2, 0.25) is 11.8 Å². The van der Waals surface area contributed by atoms with E-state index in [1.807, 2.05) is 24.3 Å². The lowest BCUT2D eigenvalue weighted by Crippen LogP contribution is -2.38. The number of nitrogens with one attached hydrogen (secondary N) is 3. The number of carbonyl (C=O) groups excluding carboxylic acids is 2. The van der Waals surface area contributed by atoms with E-state index in [2.05, 4.69) is 22.9 Å². The van der Waals surface area contributed by atoms with Crippen LogP contribution in [0.15, 0.2) is 24.3 Å². The first-order valence-corrected chi connectivity index (χ1v) is 8.95. The highest BCUT2D eigenvalue weighted by Crippen LogP contribution is 2.24. The number of methoxy groups -OCH3 is 1. The molecule has 0 saturated carbocycles. The van der Waals surface area contributed by atoms with E-state index in [1.54, 1.807) is 7.11 Å². The molecule has 1 saturated heterocycles. The maximum atomic E-state index is 12.0. The minimum Gasteiger partial charge on any atom is -0.497 e. The van der Waals surface area contributed by atoms with Crippen molar-refractivity contribution in [3.8, 4) is 5.75 Å². The number of amides is 2. The zero-order chi connectivity index (χ0) is 18.1. The van der Waals surface area contributed by atoms with Crippen molar-refractivity contribution in [3.05, 3.63) is 29.8 Å². The van der Waals surface area contributed by atoms with E-state index >= 15 is 0 Å². The zero-order valence-electron chi connectivity index (χ0n) is 15.1. The topological polar surface area (TPSA) is 79.5 Å². The highest BCUT2D eigenvalue weighted by Gasteiger charge is 2.22. The van der Waals surface area contributed by atoms with E-state index in [0.717, 1.165) is 37.2 Å². The van der Waals surface area contributed by atoms with Gasteiger partial charge in [-0.1, -0.05) is 19.1 Å². The zero-order valence-corrected chi connectivity index (χ0v) is 15.1. The summed E-state index contributed by atoms with van der Waals surface area (Å²) >= 11 is 0. The van der Waals surface area contributed by atoms with Crippen molar-refractivity contribution in [2.24, 2.45) is 11.8 Å². The van der Waals surface area contributed by atoms with Crippen molar-refractivity contribution in [2.75, 3.05) is 26.7 Å². The summed E-state index contributed by atoms with van der Waals surface area (Å²) in [6, 6.07) is 7.51. The molecule has 6 nitrogen and oxygen atoms in total. The predicted molar refractivity (Wildman–Crippen MR) is 97.2 cm³/mol. The van der Waals surface area contributed by atoms with Gasteiger partial charge < -0.3 is 20.7 Å². The van der Waals surface area contributed by atoms with Crippen LogP contribution in [-0.4, -0.2) is 38.6 Å². The Morgan fingerprint density at radius 2 is 1.84 bits per heavy atom. The molecule has 6 heteroatoms. The van der Waals surface area contributed by atoms with E-state index in [9.17, 15) is 9.59 Å². The Kier molecular flexibility index (Phi) is 7.73. The van der Waals surface area contributed by atoms with E-state index in [1.165, 1.54) is 0 Å². The molecule has 2 rings (SSSR count). The number of benzene rings is 1. The minimum absolute atomic E-state index is 0.0218. The van der Waals surface area contributed by atoms with Crippen LogP contribution in [0.1, 0.15) is 31.7 Å². The van der Waals surface area contributed by atoms with E-state index in [-0.39, 0.29) is 18.4 Å². The Morgan fingerprint density at radius 3 is 2.48 bits per heavy atom. The first-order chi connectivity index (χ1) is 12.1. The monoisotopic (exact) mass is 347 g/mol. The summed E-state index contributed by atoms with van der Waals surface area (Å²) in [5, 5.41) is 8.86. The van der Waals surface area contributed by atoms with Gasteiger partial charge in [-0.05, 0) is 55.5 Å². The standard InChI is InChI=1S/C19H29N3O3/c1-14(16-7-9-20-10-8-16)11-18(23)22-13-19(24)21-12-15-3-5-17(25-2)6-4-15/h3-6,14,16,20H,7-13H2,1-2H3,(H,21,24)(H,22,23). The van der Waals surface area contributed by atoms with Gasteiger partial charge in [-0.2, -0.15) is 0 Å². The minimum atomic E-state index is -0.182. The first-order valence-electron chi connectivity index (χ1n) is 8.95. The number of hydrogen-bond acceptors (Lipinski definition) is 4.